The zero-order valence-corrected chi connectivity index (χ0v) is 11.8. The fourth-order valence-electron chi connectivity index (χ4n) is 2.18. The quantitative estimate of drug-likeness (QED) is 0.916. The highest BCUT2D eigenvalue weighted by Crippen LogP contribution is 2.20. The van der Waals surface area contributed by atoms with E-state index in [2.05, 4.69) is 0 Å². The summed E-state index contributed by atoms with van der Waals surface area (Å²) in [6.45, 7) is 2.99. The van der Waals surface area contributed by atoms with Gasteiger partial charge in [-0.25, -0.2) is 4.39 Å². The lowest BCUT2D eigenvalue weighted by Crippen LogP contribution is -2.28. The fraction of sp³-hybridized carbons (Fsp3) is 0.235. The molecule has 0 aromatic heterocycles. The standard InChI is InChI=1S/C17H17FN2O/c1-2-20(16-5-3-4-15(18)10-16)12-17(21)14-8-6-13(11-19)7-9-14/h3-10,17,21H,2,12H2,1H3. The maximum Gasteiger partial charge on any atom is 0.125 e. The molecule has 21 heavy (non-hydrogen) atoms. The van der Waals surface area contributed by atoms with Crippen LogP contribution in [0, 0.1) is 17.1 Å². The number of rotatable bonds is 5. The van der Waals surface area contributed by atoms with Crippen LogP contribution in [-0.4, -0.2) is 18.2 Å². The van der Waals surface area contributed by atoms with E-state index >= 15 is 0 Å². The summed E-state index contributed by atoms with van der Waals surface area (Å²) >= 11 is 0. The first-order valence-electron chi connectivity index (χ1n) is 6.82. The number of hydrogen-bond acceptors (Lipinski definition) is 3. The molecule has 3 nitrogen and oxygen atoms in total. The van der Waals surface area contributed by atoms with Crippen LogP contribution in [0.4, 0.5) is 10.1 Å². The SMILES string of the molecule is CCN(CC(O)c1ccc(C#N)cc1)c1cccc(F)c1. The Labute approximate surface area is 123 Å². The minimum absolute atomic E-state index is 0.293. The number of halogens is 1. The molecule has 2 aromatic rings. The third kappa shape index (κ3) is 3.80. The van der Waals surface area contributed by atoms with Crippen molar-refractivity contribution in [3.63, 3.8) is 0 Å². The van der Waals surface area contributed by atoms with Crippen molar-refractivity contribution in [3.8, 4) is 6.07 Å². The Balaban J connectivity index is 2.12. The van der Waals surface area contributed by atoms with Crippen LogP contribution in [0.1, 0.15) is 24.2 Å². The zero-order chi connectivity index (χ0) is 15.2. The first-order chi connectivity index (χ1) is 10.1. The van der Waals surface area contributed by atoms with Crippen LogP contribution in [0.3, 0.4) is 0 Å². The highest BCUT2D eigenvalue weighted by atomic mass is 19.1. The number of aliphatic hydroxyl groups is 1. The van der Waals surface area contributed by atoms with Crippen LogP contribution in [-0.2, 0) is 0 Å². The highest BCUT2D eigenvalue weighted by molar-refractivity contribution is 5.46. The summed E-state index contributed by atoms with van der Waals surface area (Å²) in [5.41, 5.74) is 2.04. The molecule has 4 heteroatoms. The molecule has 108 valence electrons. The second-order valence-electron chi connectivity index (χ2n) is 4.77. The first kappa shape index (κ1) is 15.0. The molecular formula is C17H17FN2O. The zero-order valence-electron chi connectivity index (χ0n) is 11.8. The molecule has 0 fully saturated rings. The summed E-state index contributed by atoms with van der Waals surface area (Å²) in [6.07, 6.45) is -0.694. The van der Waals surface area contributed by atoms with Gasteiger partial charge in [-0.15, -0.1) is 0 Å². The molecule has 2 aromatic carbocycles. The molecule has 0 heterocycles. The van der Waals surface area contributed by atoms with Gasteiger partial charge in [-0.05, 0) is 42.8 Å². The summed E-state index contributed by atoms with van der Waals surface area (Å²) in [5.74, 6) is -0.293. The van der Waals surface area contributed by atoms with Crippen LogP contribution < -0.4 is 4.90 Å². The van der Waals surface area contributed by atoms with Gasteiger partial charge in [0.2, 0.25) is 0 Å². The number of nitriles is 1. The molecule has 1 N–H and O–H groups in total. The van der Waals surface area contributed by atoms with Gasteiger partial charge in [0.1, 0.15) is 5.82 Å². The Morgan fingerprint density at radius 1 is 1.24 bits per heavy atom. The summed E-state index contributed by atoms with van der Waals surface area (Å²) in [7, 11) is 0. The van der Waals surface area contributed by atoms with Crippen LogP contribution in [0.5, 0.6) is 0 Å². The van der Waals surface area contributed by atoms with E-state index in [0.717, 1.165) is 11.3 Å². The van der Waals surface area contributed by atoms with Crippen LogP contribution >= 0.6 is 0 Å². The number of hydrogen-bond donors (Lipinski definition) is 1. The van der Waals surface area contributed by atoms with Crippen molar-refractivity contribution in [1.29, 1.82) is 5.26 Å². The molecule has 0 saturated carbocycles. The predicted molar refractivity (Wildman–Crippen MR) is 80.4 cm³/mol. The molecule has 0 aliphatic carbocycles. The van der Waals surface area contributed by atoms with Crippen molar-refractivity contribution in [2.24, 2.45) is 0 Å². The molecule has 0 amide bonds. The Morgan fingerprint density at radius 3 is 2.52 bits per heavy atom. The van der Waals surface area contributed by atoms with E-state index in [-0.39, 0.29) is 5.82 Å². The largest absolute Gasteiger partial charge is 0.387 e. The average molecular weight is 284 g/mol. The molecular weight excluding hydrogens is 267 g/mol. The molecule has 0 radical (unpaired) electrons. The normalized spacial score (nSPS) is 11.7. The van der Waals surface area contributed by atoms with Gasteiger partial charge in [-0.2, -0.15) is 5.26 Å². The second kappa shape index (κ2) is 6.87. The number of aliphatic hydroxyl groups excluding tert-OH is 1. The van der Waals surface area contributed by atoms with E-state index in [1.165, 1.54) is 12.1 Å². The molecule has 1 unspecified atom stereocenters. The molecule has 0 saturated heterocycles. The highest BCUT2D eigenvalue weighted by Gasteiger charge is 2.13. The third-order valence-corrected chi connectivity index (χ3v) is 3.37. The Kier molecular flexibility index (Phi) is 4.91. The lowest BCUT2D eigenvalue weighted by Gasteiger charge is -2.26. The van der Waals surface area contributed by atoms with Crippen molar-refractivity contribution < 1.29 is 9.50 Å². The monoisotopic (exact) mass is 284 g/mol. The van der Waals surface area contributed by atoms with Gasteiger partial charge in [0.05, 0.1) is 17.7 Å². The van der Waals surface area contributed by atoms with Crippen LogP contribution in [0.15, 0.2) is 48.5 Å². The minimum Gasteiger partial charge on any atom is -0.387 e. The maximum absolute atomic E-state index is 13.3. The van der Waals surface area contributed by atoms with Gasteiger partial charge in [0, 0.05) is 18.8 Å². The second-order valence-corrected chi connectivity index (χ2v) is 4.77. The van der Waals surface area contributed by atoms with Crippen molar-refractivity contribution in [2.75, 3.05) is 18.0 Å². The van der Waals surface area contributed by atoms with Crippen molar-refractivity contribution in [1.82, 2.24) is 0 Å². The van der Waals surface area contributed by atoms with Crippen LogP contribution in [0.2, 0.25) is 0 Å². The van der Waals surface area contributed by atoms with Gasteiger partial charge in [-0.1, -0.05) is 18.2 Å². The topological polar surface area (TPSA) is 47.3 Å². The lowest BCUT2D eigenvalue weighted by molar-refractivity contribution is 0.183. The van der Waals surface area contributed by atoms with Gasteiger partial charge in [-0.3, -0.25) is 0 Å². The third-order valence-electron chi connectivity index (χ3n) is 3.37. The smallest absolute Gasteiger partial charge is 0.125 e. The van der Waals surface area contributed by atoms with Gasteiger partial charge >= 0.3 is 0 Å². The fourth-order valence-corrected chi connectivity index (χ4v) is 2.18. The van der Waals surface area contributed by atoms with Crippen LogP contribution in [0.25, 0.3) is 0 Å². The molecule has 2 rings (SSSR count). The van der Waals surface area contributed by atoms with Crippen molar-refractivity contribution in [3.05, 3.63) is 65.5 Å². The van der Waals surface area contributed by atoms with Gasteiger partial charge in [0.15, 0.2) is 0 Å². The maximum atomic E-state index is 13.3. The number of likely N-dealkylation sites (N-methyl/N-ethyl adjacent to an activating group) is 1. The molecule has 0 spiro atoms. The number of anilines is 1. The summed E-state index contributed by atoms with van der Waals surface area (Å²) in [5, 5.41) is 19.1. The van der Waals surface area contributed by atoms with E-state index in [1.54, 1.807) is 30.3 Å². The number of nitrogens with zero attached hydrogens (tertiary/aromatic N) is 2. The van der Waals surface area contributed by atoms with E-state index in [4.69, 9.17) is 5.26 Å². The van der Waals surface area contributed by atoms with Gasteiger partial charge in [0.25, 0.3) is 0 Å². The molecule has 0 aliphatic rings. The van der Waals surface area contributed by atoms with E-state index in [0.29, 0.717) is 18.7 Å². The van der Waals surface area contributed by atoms with E-state index in [9.17, 15) is 9.50 Å². The van der Waals surface area contributed by atoms with Crippen molar-refractivity contribution >= 4 is 5.69 Å². The average Bonchev–Trinajstić information content (AvgIpc) is 2.52. The minimum atomic E-state index is -0.694. The van der Waals surface area contributed by atoms with Crippen molar-refractivity contribution in [2.45, 2.75) is 13.0 Å². The molecule has 1 atom stereocenters. The molecule has 0 bridgehead atoms. The predicted octanol–water partition coefficient (Wildman–Crippen LogP) is 3.26. The van der Waals surface area contributed by atoms with E-state index in [1.807, 2.05) is 24.0 Å². The summed E-state index contributed by atoms with van der Waals surface area (Å²) < 4.78 is 13.3. The van der Waals surface area contributed by atoms with Gasteiger partial charge < -0.3 is 10.0 Å². The lowest BCUT2D eigenvalue weighted by atomic mass is 10.1. The first-order valence-corrected chi connectivity index (χ1v) is 6.82. The Bertz CT molecular complexity index is 634. The molecule has 0 aliphatic heterocycles. The summed E-state index contributed by atoms with van der Waals surface area (Å²) in [4.78, 5) is 1.91. The Morgan fingerprint density at radius 2 is 1.95 bits per heavy atom. The summed E-state index contributed by atoms with van der Waals surface area (Å²) in [6, 6.07) is 15.2. The number of benzene rings is 2. The van der Waals surface area contributed by atoms with E-state index < -0.39 is 6.10 Å². The Hall–Kier alpha value is -2.38.